The van der Waals surface area contributed by atoms with Crippen molar-refractivity contribution in [3.8, 4) is 0 Å². The van der Waals surface area contributed by atoms with Gasteiger partial charge in [0.15, 0.2) is 5.79 Å². The minimum Gasteiger partial charge on any atom is -0.393 e. The first-order valence-corrected chi connectivity index (χ1v) is 13.4. The molecule has 0 aromatic heterocycles. The van der Waals surface area contributed by atoms with E-state index in [1.54, 1.807) is 0 Å². The topological polar surface area (TPSA) is 58.9 Å². The molecule has 6 aliphatic rings. The zero-order valence-electron chi connectivity index (χ0n) is 20.1. The number of hydrogen-bond acceptors (Lipinski definition) is 4. The first-order chi connectivity index (χ1) is 14.7. The molecule has 4 heteroatoms. The molecule has 31 heavy (non-hydrogen) atoms. The highest BCUT2D eigenvalue weighted by atomic mass is 16.7. The summed E-state index contributed by atoms with van der Waals surface area (Å²) in [7, 11) is 0. The fraction of sp³-hybridized carbons (Fsp3) is 1.00. The van der Waals surface area contributed by atoms with E-state index in [1.165, 1.54) is 19.3 Å². The fourth-order valence-corrected chi connectivity index (χ4v) is 10.3. The summed E-state index contributed by atoms with van der Waals surface area (Å²) in [4.78, 5) is 0. The van der Waals surface area contributed by atoms with Crippen LogP contribution in [0.3, 0.4) is 0 Å². The molecule has 6 rings (SSSR count). The number of ether oxygens (including phenoxy) is 2. The SMILES string of the molecule is C[C@H]1CC[C@@]2(OC1)O[C@H]1C[C@H]3[C@H]4C[C@@H](O)[C@H]5C[C@@H](O)CC[C@]5(C)[C@H]4CC[C@]3(C)[C@H]1[C@@H]2C. The zero-order valence-corrected chi connectivity index (χ0v) is 20.1. The number of aliphatic hydroxyl groups excluding tert-OH is 2. The summed E-state index contributed by atoms with van der Waals surface area (Å²) in [6.07, 6.45) is 9.58. The van der Waals surface area contributed by atoms with Gasteiger partial charge in [-0.25, -0.2) is 0 Å². The van der Waals surface area contributed by atoms with Crippen molar-refractivity contribution in [1.29, 1.82) is 0 Å². The zero-order chi connectivity index (χ0) is 21.8. The predicted octanol–water partition coefficient (Wildman–Crippen LogP) is 4.76. The van der Waals surface area contributed by atoms with E-state index in [2.05, 4.69) is 27.7 Å². The van der Waals surface area contributed by atoms with Crippen molar-refractivity contribution in [3.05, 3.63) is 0 Å². The van der Waals surface area contributed by atoms with E-state index in [9.17, 15) is 10.2 Å². The standard InChI is InChI=1S/C27H44O4/c1-15-5-10-27(30-14-15)16(2)24-23(31-27)13-20-18-12-22(29)21-11-17(28)6-8-25(21,3)19(18)7-9-26(20,24)4/h15-24,28-29H,5-14H2,1-4H3/t15-,16-,17-,18-,19-,20-,21+,22+,23-,24-,25+,26-,27+/m0/s1. The molecule has 1 spiro atoms. The fourth-order valence-electron chi connectivity index (χ4n) is 10.3. The minimum absolute atomic E-state index is 0.191. The summed E-state index contributed by atoms with van der Waals surface area (Å²) in [5.41, 5.74) is 0.495. The summed E-state index contributed by atoms with van der Waals surface area (Å²) in [6, 6.07) is 0. The van der Waals surface area contributed by atoms with Crippen LogP contribution in [0.2, 0.25) is 0 Å². The Morgan fingerprint density at radius 3 is 2.32 bits per heavy atom. The molecular weight excluding hydrogens is 388 g/mol. The van der Waals surface area contributed by atoms with Gasteiger partial charge >= 0.3 is 0 Å². The van der Waals surface area contributed by atoms with Crippen LogP contribution in [0.25, 0.3) is 0 Å². The molecule has 2 aliphatic heterocycles. The van der Waals surface area contributed by atoms with Crippen molar-refractivity contribution < 1.29 is 19.7 Å². The van der Waals surface area contributed by atoms with Crippen LogP contribution in [0.5, 0.6) is 0 Å². The average molecular weight is 433 g/mol. The molecule has 0 bridgehead atoms. The number of aliphatic hydroxyl groups is 2. The highest BCUT2D eigenvalue weighted by Gasteiger charge is 2.69. The molecule has 176 valence electrons. The number of fused-ring (bicyclic) bond motifs is 7. The predicted molar refractivity (Wildman–Crippen MR) is 119 cm³/mol. The molecule has 2 saturated heterocycles. The van der Waals surface area contributed by atoms with Crippen molar-refractivity contribution in [1.82, 2.24) is 0 Å². The monoisotopic (exact) mass is 432 g/mol. The first-order valence-electron chi connectivity index (χ1n) is 13.4. The average Bonchev–Trinajstić information content (AvgIpc) is 3.17. The van der Waals surface area contributed by atoms with Gasteiger partial charge in [-0.15, -0.1) is 0 Å². The van der Waals surface area contributed by atoms with E-state index < -0.39 is 0 Å². The summed E-state index contributed by atoms with van der Waals surface area (Å²) in [5.74, 6) is 3.58. The second kappa shape index (κ2) is 6.93. The van der Waals surface area contributed by atoms with E-state index in [0.29, 0.717) is 47.0 Å². The lowest BCUT2D eigenvalue weighted by molar-refractivity contribution is -0.273. The quantitative estimate of drug-likeness (QED) is 0.579. The van der Waals surface area contributed by atoms with Crippen molar-refractivity contribution in [3.63, 3.8) is 0 Å². The third-order valence-corrected chi connectivity index (χ3v) is 11.9. The van der Waals surface area contributed by atoms with Gasteiger partial charge in [0.05, 0.1) is 24.9 Å². The molecule has 0 aromatic carbocycles. The van der Waals surface area contributed by atoms with Gasteiger partial charge in [0, 0.05) is 12.3 Å². The molecule has 13 atom stereocenters. The second-order valence-electron chi connectivity index (χ2n) is 13.2. The normalized spacial score (nSPS) is 63.3. The highest BCUT2D eigenvalue weighted by Crippen LogP contribution is 2.71. The molecule has 0 unspecified atom stereocenters. The van der Waals surface area contributed by atoms with Crippen LogP contribution in [-0.2, 0) is 9.47 Å². The highest BCUT2D eigenvalue weighted by molar-refractivity contribution is 5.16. The van der Waals surface area contributed by atoms with E-state index >= 15 is 0 Å². The van der Waals surface area contributed by atoms with Gasteiger partial charge in [-0.05, 0) is 97.7 Å². The van der Waals surface area contributed by atoms with Crippen LogP contribution in [0.15, 0.2) is 0 Å². The molecule has 2 heterocycles. The van der Waals surface area contributed by atoms with Gasteiger partial charge in [0.1, 0.15) is 0 Å². The molecule has 6 fully saturated rings. The van der Waals surface area contributed by atoms with Crippen LogP contribution >= 0.6 is 0 Å². The molecule has 0 radical (unpaired) electrons. The lowest BCUT2D eigenvalue weighted by atomic mass is 9.43. The molecule has 4 nitrogen and oxygen atoms in total. The summed E-state index contributed by atoms with van der Waals surface area (Å²) >= 11 is 0. The van der Waals surface area contributed by atoms with Crippen LogP contribution in [0.4, 0.5) is 0 Å². The Morgan fingerprint density at radius 2 is 1.58 bits per heavy atom. The van der Waals surface area contributed by atoms with E-state index in [0.717, 1.165) is 45.1 Å². The Hall–Kier alpha value is -0.160. The lowest BCUT2D eigenvalue weighted by Gasteiger charge is -2.62. The van der Waals surface area contributed by atoms with E-state index in [-0.39, 0.29) is 29.3 Å². The summed E-state index contributed by atoms with van der Waals surface area (Å²) in [5, 5.41) is 21.5. The van der Waals surface area contributed by atoms with Crippen LogP contribution < -0.4 is 0 Å². The lowest BCUT2D eigenvalue weighted by Crippen LogP contribution is -2.58. The third-order valence-electron chi connectivity index (χ3n) is 11.9. The Balaban J connectivity index is 1.28. The minimum atomic E-state index is -0.338. The molecule has 0 aromatic rings. The smallest absolute Gasteiger partial charge is 0.171 e. The van der Waals surface area contributed by atoms with Gasteiger partial charge in [-0.1, -0.05) is 27.7 Å². The van der Waals surface area contributed by atoms with Gasteiger partial charge in [-0.3, -0.25) is 0 Å². The third kappa shape index (κ3) is 2.80. The first kappa shape index (κ1) is 21.4. The molecule has 0 amide bonds. The van der Waals surface area contributed by atoms with Gasteiger partial charge < -0.3 is 19.7 Å². The maximum Gasteiger partial charge on any atom is 0.171 e. The Bertz CT molecular complexity index is 716. The molecular formula is C27H44O4. The molecule has 4 aliphatic carbocycles. The Labute approximate surface area is 188 Å². The van der Waals surface area contributed by atoms with E-state index in [4.69, 9.17) is 9.47 Å². The van der Waals surface area contributed by atoms with Crippen LogP contribution in [0, 0.1) is 52.3 Å². The largest absolute Gasteiger partial charge is 0.393 e. The summed E-state index contributed by atoms with van der Waals surface area (Å²) < 4.78 is 13.3. The van der Waals surface area contributed by atoms with Crippen molar-refractivity contribution in [2.24, 2.45) is 52.3 Å². The van der Waals surface area contributed by atoms with Crippen LogP contribution in [0.1, 0.15) is 85.5 Å². The Morgan fingerprint density at radius 1 is 0.806 bits per heavy atom. The molecule has 2 N–H and O–H groups in total. The van der Waals surface area contributed by atoms with Crippen molar-refractivity contribution in [2.45, 2.75) is 110 Å². The summed E-state index contributed by atoms with van der Waals surface area (Å²) in [6.45, 7) is 10.6. The molecule has 4 saturated carbocycles. The maximum absolute atomic E-state index is 11.2. The van der Waals surface area contributed by atoms with Crippen molar-refractivity contribution >= 4 is 0 Å². The number of rotatable bonds is 0. The Kier molecular flexibility index (Phi) is 4.78. The second-order valence-corrected chi connectivity index (χ2v) is 13.2. The van der Waals surface area contributed by atoms with Gasteiger partial charge in [0.2, 0.25) is 0 Å². The van der Waals surface area contributed by atoms with Crippen LogP contribution in [-0.4, -0.2) is 40.9 Å². The van der Waals surface area contributed by atoms with Gasteiger partial charge in [0.25, 0.3) is 0 Å². The number of hydrogen-bond donors (Lipinski definition) is 2. The van der Waals surface area contributed by atoms with E-state index in [1.807, 2.05) is 0 Å². The maximum atomic E-state index is 11.2. The van der Waals surface area contributed by atoms with Gasteiger partial charge in [-0.2, -0.15) is 0 Å². The van der Waals surface area contributed by atoms with Crippen molar-refractivity contribution in [2.75, 3.05) is 6.61 Å².